The van der Waals surface area contributed by atoms with Crippen molar-refractivity contribution in [3.63, 3.8) is 0 Å². The molecule has 2 rings (SSSR count). The van der Waals surface area contributed by atoms with E-state index in [0.717, 1.165) is 15.3 Å². The molecule has 2 aromatic rings. The third-order valence-corrected chi connectivity index (χ3v) is 4.52. The molecule has 0 radical (unpaired) electrons. The summed E-state index contributed by atoms with van der Waals surface area (Å²) in [5.74, 6) is 0. The van der Waals surface area contributed by atoms with Gasteiger partial charge in [-0.1, -0.05) is 0 Å². The number of anilines is 1. The highest BCUT2D eigenvalue weighted by molar-refractivity contribution is 9.10. The summed E-state index contributed by atoms with van der Waals surface area (Å²) >= 11 is 3.13. The molecule has 0 aliphatic rings. The topological polar surface area (TPSA) is 103 Å². The number of hydrogen-bond donors (Lipinski definition) is 1. The van der Waals surface area contributed by atoms with Crippen molar-refractivity contribution in [3.05, 3.63) is 50.0 Å². The Bertz CT molecular complexity index is 899. The molecule has 0 saturated heterocycles. The molecule has 8 nitrogen and oxygen atoms in total. The van der Waals surface area contributed by atoms with Crippen molar-refractivity contribution in [1.29, 1.82) is 0 Å². The zero-order chi connectivity index (χ0) is 15.8. The van der Waals surface area contributed by atoms with Gasteiger partial charge in [0, 0.05) is 20.3 Å². The Kier molecular flexibility index (Phi) is 4.01. The summed E-state index contributed by atoms with van der Waals surface area (Å²) in [4.78, 5) is 26.9. The standard InChI is InChI=1S/C11H11BrN4O4S/c1-15-6-8(10(17)16(2)11(15)18)21(19,20)14-7-3-4-9(12)13-5-7/h3-6,14H,1-2H3. The van der Waals surface area contributed by atoms with Gasteiger partial charge < -0.3 is 4.57 Å². The average molecular weight is 375 g/mol. The van der Waals surface area contributed by atoms with Crippen molar-refractivity contribution < 1.29 is 8.42 Å². The highest BCUT2D eigenvalue weighted by Gasteiger charge is 2.21. The summed E-state index contributed by atoms with van der Waals surface area (Å²) in [6, 6.07) is 3.04. The third-order valence-electron chi connectivity index (χ3n) is 2.68. The summed E-state index contributed by atoms with van der Waals surface area (Å²) in [5.41, 5.74) is -1.30. The Balaban J connectivity index is 2.53. The molecule has 21 heavy (non-hydrogen) atoms. The molecule has 10 heteroatoms. The molecule has 2 aromatic heterocycles. The Morgan fingerprint density at radius 1 is 1.24 bits per heavy atom. The van der Waals surface area contributed by atoms with E-state index < -0.39 is 26.2 Å². The second kappa shape index (κ2) is 5.45. The van der Waals surface area contributed by atoms with Crippen molar-refractivity contribution >= 4 is 31.6 Å². The molecule has 2 heterocycles. The van der Waals surface area contributed by atoms with E-state index in [0.29, 0.717) is 4.60 Å². The van der Waals surface area contributed by atoms with Gasteiger partial charge >= 0.3 is 5.69 Å². The van der Waals surface area contributed by atoms with E-state index >= 15 is 0 Å². The van der Waals surface area contributed by atoms with Gasteiger partial charge in [-0.05, 0) is 28.1 Å². The van der Waals surface area contributed by atoms with Gasteiger partial charge in [0.15, 0.2) is 4.90 Å². The van der Waals surface area contributed by atoms with Crippen LogP contribution in [0.2, 0.25) is 0 Å². The molecule has 0 atom stereocenters. The van der Waals surface area contributed by atoms with Crippen LogP contribution in [0.15, 0.2) is 43.6 Å². The van der Waals surface area contributed by atoms with Crippen LogP contribution in [0.4, 0.5) is 5.69 Å². The fourth-order valence-electron chi connectivity index (χ4n) is 1.61. The maximum atomic E-state index is 12.2. The first-order valence-electron chi connectivity index (χ1n) is 5.63. The lowest BCUT2D eigenvalue weighted by Gasteiger charge is -2.09. The fourth-order valence-corrected chi connectivity index (χ4v) is 3.04. The molecule has 0 bridgehead atoms. The van der Waals surface area contributed by atoms with E-state index in [1.807, 2.05) is 0 Å². The normalized spacial score (nSPS) is 11.4. The van der Waals surface area contributed by atoms with Crippen molar-refractivity contribution in [1.82, 2.24) is 14.1 Å². The van der Waals surface area contributed by atoms with E-state index in [2.05, 4.69) is 25.6 Å². The first kappa shape index (κ1) is 15.4. The molecular weight excluding hydrogens is 364 g/mol. The van der Waals surface area contributed by atoms with Crippen LogP contribution in [0.3, 0.4) is 0 Å². The number of hydrogen-bond acceptors (Lipinski definition) is 5. The van der Waals surface area contributed by atoms with Crippen LogP contribution in [-0.2, 0) is 24.1 Å². The monoisotopic (exact) mass is 374 g/mol. The Hall–Kier alpha value is -1.94. The number of aryl methyl sites for hydroxylation is 1. The van der Waals surface area contributed by atoms with E-state index in [1.165, 1.54) is 26.4 Å². The van der Waals surface area contributed by atoms with Crippen molar-refractivity contribution in [2.45, 2.75) is 4.90 Å². The first-order valence-corrected chi connectivity index (χ1v) is 7.91. The van der Waals surface area contributed by atoms with Gasteiger partial charge in [0.25, 0.3) is 15.6 Å². The lowest BCUT2D eigenvalue weighted by Crippen LogP contribution is -2.40. The maximum absolute atomic E-state index is 12.2. The minimum atomic E-state index is -4.12. The quantitative estimate of drug-likeness (QED) is 0.764. The van der Waals surface area contributed by atoms with Crippen molar-refractivity contribution in [2.24, 2.45) is 14.1 Å². The third kappa shape index (κ3) is 3.05. The molecule has 1 N–H and O–H groups in total. The van der Waals surface area contributed by atoms with E-state index in [9.17, 15) is 18.0 Å². The highest BCUT2D eigenvalue weighted by Crippen LogP contribution is 2.14. The maximum Gasteiger partial charge on any atom is 0.330 e. The average Bonchev–Trinajstić information content (AvgIpc) is 2.42. The Morgan fingerprint density at radius 2 is 1.90 bits per heavy atom. The highest BCUT2D eigenvalue weighted by atomic mass is 79.9. The molecule has 0 aromatic carbocycles. The van der Waals surface area contributed by atoms with Crippen LogP contribution in [0.5, 0.6) is 0 Å². The van der Waals surface area contributed by atoms with Gasteiger partial charge in [-0.15, -0.1) is 0 Å². The number of pyridine rings is 1. The minimum Gasteiger partial charge on any atom is -0.302 e. The number of aromatic nitrogens is 3. The Morgan fingerprint density at radius 3 is 2.48 bits per heavy atom. The molecule has 0 fully saturated rings. The Labute approximate surface area is 128 Å². The number of nitrogens with zero attached hydrogens (tertiary/aromatic N) is 3. The fraction of sp³-hybridized carbons (Fsp3) is 0.182. The number of rotatable bonds is 3. The summed E-state index contributed by atoms with van der Waals surface area (Å²) in [6.45, 7) is 0. The first-order chi connectivity index (χ1) is 9.72. The molecule has 0 saturated carbocycles. The predicted molar refractivity (Wildman–Crippen MR) is 79.7 cm³/mol. The lowest BCUT2D eigenvalue weighted by atomic mass is 10.4. The van der Waals surface area contributed by atoms with E-state index in [1.54, 1.807) is 6.07 Å². The lowest BCUT2D eigenvalue weighted by molar-refractivity contribution is 0.589. The zero-order valence-corrected chi connectivity index (χ0v) is 13.5. The molecule has 0 unspecified atom stereocenters. The summed E-state index contributed by atoms with van der Waals surface area (Å²) in [7, 11) is -1.54. The molecule has 0 amide bonds. The second-order valence-corrected chi connectivity index (χ2v) is 6.69. The van der Waals surface area contributed by atoms with Crippen LogP contribution in [0, 0.1) is 0 Å². The van der Waals surface area contributed by atoms with Crippen LogP contribution in [0.1, 0.15) is 0 Å². The van der Waals surface area contributed by atoms with Crippen LogP contribution in [0.25, 0.3) is 0 Å². The van der Waals surface area contributed by atoms with Crippen LogP contribution >= 0.6 is 15.9 Å². The van der Waals surface area contributed by atoms with Gasteiger partial charge in [0.05, 0.1) is 11.9 Å². The van der Waals surface area contributed by atoms with Gasteiger partial charge in [-0.3, -0.25) is 14.1 Å². The molecular formula is C11H11BrN4O4S. The molecule has 0 aliphatic carbocycles. The van der Waals surface area contributed by atoms with E-state index in [-0.39, 0.29) is 5.69 Å². The van der Waals surface area contributed by atoms with Gasteiger partial charge in [-0.25, -0.2) is 18.2 Å². The summed E-state index contributed by atoms with van der Waals surface area (Å²) in [5, 5.41) is 0. The summed E-state index contributed by atoms with van der Waals surface area (Å²) in [6.07, 6.45) is 2.29. The summed E-state index contributed by atoms with van der Waals surface area (Å²) < 4.78 is 29.0. The molecule has 0 aliphatic heterocycles. The largest absolute Gasteiger partial charge is 0.330 e. The van der Waals surface area contributed by atoms with Gasteiger partial charge in [-0.2, -0.15) is 0 Å². The zero-order valence-electron chi connectivity index (χ0n) is 11.1. The molecule has 112 valence electrons. The molecule has 0 spiro atoms. The predicted octanol–water partition coefficient (Wildman–Crippen LogP) is 0.0423. The van der Waals surface area contributed by atoms with E-state index in [4.69, 9.17) is 0 Å². The SMILES string of the molecule is Cn1cc(S(=O)(=O)Nc2ccc(Br)nc2)c(=O)n(C)c1=O. The number of sulfonamides is 1. The second-order valence-electron chi connectivity index (χ2n) is 4.23. The smallest absolute Gasteiger partial charge is 0.302 e. The van der Waals surface area contributed by atoms with Crippen LogP contribution < -0.4 is 16.0 Å². The van der Waals surface area contributed by atoms with Gasteiger partial charge in [0.1, 0.15) is 4.60 Å². The van der Waals surface area contributed by atoms with Crippen LogP contribution in [-0.4, -0.2) is 22.5 Å². The van der Waals surface area contributed by atoms with Crippen molar-refractivity contribution in [3.8, 4) is 0 Å². The number of nitrogens with one attached hydrogen (secondary N) is 1. The van der Waals surface area contributed by atoms with Crippen molar-refractivity contribution in [2.75, 3.05) is 4.72 Å². The minimum absolute atomic E-state index is 0.203. The number of halogens is 1. The van der Waals surface area contributed by atoms with Gasteiger partial charge in [0.2, 0.25) is 0 Å².